The first-order valence-corrected chi connectivity index (χ1v) is 5.92. The molecule has 0 radical (unpaired) electrons. The molecule has 0 fully saturated rings. The number of nitrogens with one attached hydrogen (secondary N) is 2. The molecular weight excluding hydrogens is 284 g/mol. The Kier molecular flexibility index (Phi) is 6.91. The fourth-order valence-corrected chi connectivity index (χ4v) is 1.07. The average Bonchev–Trinajstić information content (AvgIpc) is 2.29. The zero-order chi connectivity index (χ0) is 16.6. The first kappa shape index (κ1) is 18.4. The van der Waals surface area contributed by atoms with Crippen LogP contribution in [0, 0.1) is 0 Å². The summed E-state index contributed by atoms with van der Waals surface area (Å²) in [7, 11) is 0. The molecule has 118 valence electrons. The summed E-state index contributed by atoms with van der Waals surface area (Å²) in [4.78, 5) is 43.8. The van der Waals surface area contributed by atoms with Gasteiger partial charge in [-0.3, -0.25) is 4.79 Å². The number of carboxylic acid groups (broad SMARTS) is 2. The molecule has 0 bridgehead atoms. The predicted octanol–water partition coefficient (Wildman–Crippen LogP) is -0.279. The van der Waals surface area contributed by atoms with Gasteiger partial charge >= 0.3 is 18.0 Å². The summed E-state index contributed by atoms with van der Waals surface area (Å²) in [6.07, 6.45) is 0.408. The zero-order valence-electron chi connectivity index (χ0n) is 11.9. The van der Waals surface area contributed by atoms with Gasteiger partial charge in [-0.2, -0.15) is 0 Å². The van der Waals surface area contributed by atoms with Crippen LogP contribution >= 0.6 is 0 Å². The van der Waals surface area contributed by atoms with E-state index in [4.69, 9.17) is 14.9 Å². The minimum Gasteiger partial charge on any atom is -0.480 e. The molecule has 4 N–H and O–H groups in total. The van der Waals surface area contributed by atoms with Gasteiger partial charge in [-0.25, -0.2) is 14.4 Å². The number of amides is 2. The van der Waals surface area contributed by atoms with Crippen LogP contribution in [0.3, 0.4) is 0 Å². The molecule has 0 aliphatic rings. The van der Waals surface area contributed by atoms with Gasteiger partial charge in [0.15, 0.2) is 0 Å². The lowest BCUT2D eigenvalue weighted by Gasteiger charge is -2.21. The van der Waals surface area contributed by atoms with Crippen molar-refractivity contribution < 1.29 is 34.1 Å². The van der Waals surface area contributed by atoms with E-state index in [2.05, 4.69) is 5.32 Å². The second-order valence-corrected chi connectivity index (χ2v) is 4.95. The molecule has 2 amide bonds. The van der Waals surface area contributed by atoms with Gasteiger partial charge < -0.3 is 25.6 Å². The normalized spacial score (nSPS) is 12.5. The fraction of sp³-hybridized carbons (Fsp3) is 0.500. The maximum Gasteiger partial charge on any atom is 0.407 e. The monoisotopic (exact) mass is 302 g/mol. The third-order valence-corrected chi connectivity index (χ3v) is 1.84. The first-order valence-electron chi connectivity index (χ1n) is 5.92. The highest BCUT2D eigenvalue weighted by Gasteiger charge is 2.22. The Morgan fingerprint density at radius 1 is 1.14 bits per heavy atom. The van der Waals surface area contributed by atoms with Crippen LogP contribution in [0.15, 0.2) is 12.2 Å². The van der Waals surface area contributed by atoms with E-state index < -0.39 is 42.1 Å². The van der Waals surface area contributed by atoms with Crippen LogP contribution in [0.25, 0.3) is 0 Å². The summed E-state index contributed by atoms with van der Waals surface area (Å²) in [6.45, 7) is 4.51. The van der Waals surface area contributed by atoms with E-state index in [1.807, 2.05) is 5.32 Å². The highest BCUT2D eigenvalue weighted by Crippen LogP contribution is 2.06. The highest BCUT2D eigenvalue weighted by atomic mass is 16.6. The first-order chi connectivity index (χ1) is 9.51. The molecular formula is C12H18N2O7. The molecule has 0 aromatic heterocycles. The smallest absolute Gasteiger partial charge is 0.407 e. The molecule has 9 nitrogen and oxygen atoms in total. The number of ether oxygens (including phenoxy) is 1. The van der Waals surface area contributed by atoms with E-state index in [1.165, 1.54) is 0 Å². The molecule has 0 aliphatic carbocycles. The molecule has 0 heterocycles. The maximum absolute atomic E-state index is 11.4. The molecule has 1 unspecified atom stereocenters. The second-order valence-electron chi connectivity index (χ2n) is 4.95. The lowest BCUT2D eigenvalue weighted by molar-refractivity contribution is -0.141. The minimum atomic E-state index is -1.41. The molecule has 0 rings (SSSR count). The van der Waals surface area contributed by atoms with E-state index in [0.29, 0.717) is 12.2 Å². The van der Waals surface area contributed by atoms with Crippen LogP contribution in [0.1, 0.15) is 20.8 Å². The van der Waals surface area contributed by atoms with Crippen LogP contribution in [-0.2, 0) is 19.1 Å². The van der Waals surface area contributed by atoms with Crippen molar-refractivity contribution in [3.8, 4) is 0 Å². The zero-order valence-corrected chi connectivity index (χ0v) is 11.9. The van der Waals surface area contributed by atoms with Gasteiger partial charge in [-0.15, -0.1) is 0 Å². The van der Waals surface area contributed by atoms with E-state index in [-0.39, 0.29) is 0 Å². The Morgan fingerprint density at radius 3 is 2.14 bits per heavy atom. The molecule has 0 spiro atoms. The van der Waals surface area contributed by atoms with E-state index in [0.717, 1.165) is 0 Å². The summed E-state index contributed by atoms with van der Waals surface area (Å²) >= 11 is 0. The fourth-order valence-electron chi connectivity index (χ4n) is 1.07. The van der Waals surface area contributed by atoms with Crippen LogP contribution in [0.4, 0.5) is 4.79 Å². The third kappa shape index (κ3) is 9.93. The van der Waals surface area contributed by atoms with Gasteiger partial charge in [0.05, 0.1) is 6.54 Å². The van der Waals surface area contributed by atoms with Crippen LogP contribution in [0.2, 0.25) is 0 Å². The van der Waals surface area contributed by atoms with Gasteiger partial charge in [0.1, 0.15) is 11.6 Å². The van der Waals surface area contributed by atoms with Gasteiger partial charge in [0, 0.05) is 12.2 Å². The quantitative estimate of drug-likeness (QED) is 0.494. The van der Waals surface area contributed by atoms with E-state index in [9.17, 15) is 19.2 Å². The lowest BCUT2D eigenvalue weighted by atomic mass is 10.2. The van der Waals surface area contributed by atoms with E-state index in [1.54, 1.807) is 20.8 Å². The number of carbonyl (C=O) groups excluding carboxylic acids is 2. The molecule has 0 saturated heterocycles. The maximum atomic E-state index is 11.4. The van der Waals surface area contributed by atoms with Crippen LogP contribution < -0.4 is 10.6 Å². The van der Waals surface area contributed by atoms with Crippen molar-refractivity contribution in [3.63, 3.8) is 0 Å². The van der Waals surface area contributed by atoms with Crippen LogP contribution in [-0.4, -0.2) is 52.3 Å². The molecule has 21 heavy (non-hydrogen) atoms. The number of aliphatic carboxylic acids is 2. The Hall–Kier alpha value is -2.58. The number of alkyl carbamates (subject to hydrolysis) is 1. The third-order valence-electron chi connectivity index (χ3n) is 1.84. The SMILES string of the molecule is CC(C)(C)OC(=O)NCC(NC(=O)C=CC(=O)O)C(=O)O. The van der Waals surface area contributed by atoms with Crippen LogP contribution in [0.5, 0.6) is 0 Å². The largest absolute Gasteiger partial charge is 0.480 e. The van der Waals surface area contributed by atoms with Crippen molar-refractivity contribution in [2.75, 3.05) is 6.54 Å². The molecule has 9 heteroatoms. The summed E-state index contributed by atoms with van der Waals surface area (Å²) in [6, 6.07) is -1.41. The van der Waals surface area contributed by atoms with Crippen molar-refractivity contribution in [3.05, 3.63) is 12.2 Å². The van der Waals surface area contributed by atoms with Crippen molar-refractivity contribution in [2.24, 2.45) is 0 Å². The summed E-state index contributed by atoms with van der Waals surface area (Å²) in [5.41, 5.74) is -0.740. The summed E-state index contributed by atoms with van der Waals surface area (Å²) in [5.74, 6) is -3.64. The number of carboxylic acids is 2. The topological polar surface area (TPSA) is 142 Å². The molecule has 1 atom stereocenters. The number of hydrogen-bond acceptors (Lipinski definition) is 5. The average molecular weight is 302 g/mol. The lowest BCUT2D eigenvalue weighted by Crippen LogP contribution is -2.48. The Balaban J connectivity index is 4.45. The second kappa shape index (κ2) is 7.88. The number of rotatable bonds is 6. The molecule has 0 aliphatic heterocycles. The Morgan fingerprint density at radius 2 is 1.71 bits per heavy atom. The predicted molar refractivity (Wildman–Crippen MR) is 70.6 cm³/mol. The van der Waals surface area contributed by atoms with Gasteiger partial charge in [0.2, 0.25) is 5.91 Å². The summed E-state index contributed by atoms with van der Waals surface area (Å²) in [5, 5.41) is 21.5. The molecule has 0 aromatic rings. The van der Waals surface area contributed by atoms with Crippen molar-refractivity contribution >= 4 is 23.9 Å². The Labute approximate surface area is 121 Å². The number of hydrogen-bond donors (Lipinski definition) is 4. The van der Waals surface area contributed by atoms with Crippen molar-refractivity contribution in [1.82, 2.24) is 10.6 Å². The van der Waals surface area contributed by atoms with Gasteiger partial charge in [-0.05, 0) is 20.8 Å². The molecule has 0 saturated carbocycles. The summed E-state index contributed by atoms with van der Waals surface area (Å²) < 4.78 is 4.90. The van der Waals surface area contributed by atoms with Crippen molar-refractivity contribution in [1.29, 1.82) is 0 Å². The van der Waals surface area contributed by atoms with Gasteiger partial charge in [0.25, 0.3) is 0 Å². The van der Waals surface area contributed by atoms with Gasteiger partial charge in [-0.1, -0.05) is 0 Å². The van der Waals surface area contributed by atoms with Crippen molar-refractivity contribution in [2.45, 2.75) is 32.4 Å². The minimum absolute atomic E-state index is 0.406. The standard InChI is InChI=1S/C12H18N2O7/c1-12(2,3)21-11(20)13-6-7(10(18)19)14-8(15)4-5-9(16)17/h4-5,7H,6H2,1-3H3,(H,13,20)(H,14,15)(H,16,17)(H,18,19). The van der Waals surface area contributed by atoms with E-state index >= 15 is 0 Å². The number of carbonyl (C=O) groups is 4. The highest BCUT2D eigenvalue weighted by molar-refractivity contribution is 5.95. The Bertz CT molecular complexity index is 451. The molecule has 0 aromatic carbocycles.